The van der Waals surface area contributed by atoms with Gasteiger partial charge >= 0.3 is 0 Å². The number of carbonyl (C=O) groups is 1. The summed E-state index contributed by atoms with van der Waals surface area (Å²) in [6, 6.07) is 7.55. The van der Waals surface area contributed by atoms with Crippen molar-refractivity contribution in [1.29, 1.82) is 0 Å². The van der Waals surface area contributed by atoms with Crippen LogP contribution in [0.4, 0.5) is 11.6 Å². The number of aromatic amines is 1. The Labute approximate surface area is 210 Å². The third kappa shape index (κ3) is 4.84. The molecule has 1 fully saturated rings. The molecular weight excluding hydrogens is 454 g/mol. The van der Waals surface area contributed by atoms with E-state index < -0.39 is 5.41 Å². The van der Waals surface area contributed by atoms with Gasteiger partial charge in [-0.1, -0.05) is 13.0 Å². The number of pyridine rings is 1. The zero-order chi connectivity index (χ0) is 25.4. The predicted octanol–water partition coefficient (Wildman–Crippen LogP) is 4.21. The first kappa shape index (κ1) is 23.7. The molecule has 4 aromatic rings. The van der Waals surface area contributed by atoms with Crippen molar-refractivity contribution in [3.8, 4) is 5.82 Å². The minimum atomic E-state index is -0.459. The first-order chi connectivity index (χ1) is 17.2. The normalized spacial score (nSPS) is 20.0. The summed E-state index contributed by atoms with van der Waals surface area (Å²) in [4.78, 5) is 27.0. The molecule has 0 radical (unpaired) electrons. The molecule has 186 valence electrons. The molecule has 4 heterocycles. The number of rotatable bonds is 7. The highest BCUT2D eigenvalue weighted by Gasteiger charge is 2.48. The summed E-state index contributed by atoms with van der Waals surface area (Å²) >= 11 is 0. The molecule has 1 saturated carbocycles. The third-order valence-corrected chi connectivity index (χ3v) is 6.71. The molecule has 1 atom stereocenters. The van der Waals surface area contributed by atoms with Crippen molar-refractivity contribution in [2.24, 2.45) is 5.41 Å². The molecule has 10 nitrogen and oxygen atoms in total. The monoisotopic (exact) mass is 485 g/mol. The van der Waals surface area contributed by atoms with Crippen LogP contribution in [0, 0.1) is 26.2 Å². The zero-order valence-electron chi connectivity index (χ0n) is 21.2. The predicted molar refractivity (Wildman–Crippen MR) is 136 cm³/mol. The van der Waals surface area contributed by atoms with Gasteiger partial charge in [0, 0.05) is 47.2 Å². The highest BCUT2D eigenvalue weighted by molar-refractivity contribution is 5.84. The van der Waals surface area contributed by atoms with Crippen LogP contribution < -0.4 is 10.6 Å². The molecule has 0 aliphatic heterocycles. The van der Waals surface area contributed by atoms with Crippen LogP contribution in [0.5, 0.6) is 0 Å². The van der Waals surface area contributed by atoms with Gasteiger partial charge in [0.2, 0.25) is 5.91 Å². The molecule has 1 aliphatic carbocycles. The van der Waals surface area contributed by atoms with Gasteiger partial charge in [0.1, 0.15) is 11.6 Å². The highest BCUT2D eigenvalue weighted by Crippen LogP contribution is 2.50. The highest BCUT2D eigenvalue weighted by atomic mass is 16.2. The van der Waals surface area contributed by atoms with Crippen molar-refractivity contribution in [2.75, 3.05) is 5.32 Å². The van der Waals surface area contributed by atoms with Crippen LogP contribution in [-0.4, -0.2) is 40.8 Å². The number of hydrogen-bond donors (Lipinski definition) is 3. The molecule has 5 rings (SSSR count). The Bertz CT molecular complexity index is 1380. The van der Waals surface area contributed by atoms with Gasteiger partial charge in [0.25, 0.3) is 0 Å². The fourth-order valence-electron chi connectivity index (χ4n) is 4.63. The third-order valence-electron chi connectivity index (χ3n) is 6.71. The SMILES string of the molecule is Cc1cnn(-c2ccc([C@H](C)NC(=O)C3(C)CC(c4nc(C)cc(Nc5cc(C)[nH]n5)n4)C3)cn2)c1. The first-order valence-corrected chi connectivity index (χ1v) is 12.1. The lowest BCUT2D eigenvalue weighted by Gasteiger charge is -2.43. The van der Waals surface area contributed by atoms with Gasteiger partial charge in [-0.25, -0.2) is 19.6 Å². The maximum absolute atomic E-state index is 13.2. The second kappa shape index (κ2) is 9.18. The fraction of sp³-hybridized carbons (Fsp3) is 0.385. The average molecular weight is 486 g/mol. The van der Waals surface area contributed by atoms with Crippen LogP contribution in [0.2, 0.25) is 0 Å². The van der Waals surface area contributed by atoms with Crippen molar-refractivity contribution in [3.63, 3.8) is 0 Å². The second-order valence-electron chi connectivity index (χ2n) is 10.1. The molecule has 1 amide bonds. The van der Waals surface area contributed by atoms with Gasteiger partial charge in [-0.3, -0.25) is 9.89 Å². The number of nitrogens with zero attached hydrogens (tertiary/aromatic N) is 6. The molecule has 0 aromatic carbocycles. The van der Waals surface area contributed by atoms with Crippen molar-refractivity contribution in [1.82, 2.24) is 40.2 Å². The van der Waals surface area contributed by atoms with Gasteiger partial charge in [0.15, 0.2) is 11.6 Å². The standard InChI is InChI=1S/C26H31N9O/c1-15-12-28-35(14-15)23-7-6-19(13-27-23)18(4)30-25(36)26(5)10-20(11-26)24-29-16(2)8-21(32-24)31-22-9-17(3)33-34-22/h6-9,12-14,18,20H,10-11H2,1-5H3,(H,30,36)(H2,29,31,32,33,34)/t18-,20?,26?/m0/s1. The van der Waals surface area contributed by atoms with Crippen molar-refractivity contribution >= 4 is 17.5 Å². The molecule has 3 N–H and O–H groups in total. The lowest BCUT2D eigenvalue weighted by molar-refractivity contribution is -0.136. The van der Waals surface area contributed by atoms with Gasteiger partial charge in [-0.2, -0.15) is 10.2 Å². The van der Waals surface area contributed by atoms with Crippen LogP contribution in [0.15, 0.2) is 42.9 Å². The number of nitrogens with one attached hydrogen (secondary N) is 3. The molecule has 0 spiro atoms. The fourth-order valence-corrected chi connectivity index (χ4v) is 4.63. The molecule has 0 bridgehead atoms. The quantitative estimate of drug-likeness (QED) is 0.358. The second-order valence-corrected chi connectivity index (χ2v) is 10.1. The Morgan fingerprint density at radius 2 is 1.94 bits per heavy atom. The summed E-state index contributed by atoms with van der Waals surface area (Å²) < 4.78 is 1.74. The van der Waals surface area contributed by atoms with Crippen LogP contribution in [0.25, 0.3) is 5.82 Å². The molecular formula is C26H31N9O. The van der Waals surface area contributed by atoms with Crippen molar-refractivity contribution < 1.29 is 4.79 Å². The Hall–Kier alpha value is -4.08. The maximum atomic E-state index is 13.2. The topological polar surface area (TPSA) is 126 Å². The number of hydrogen-bond acceptors (Lipinski definition) is 7. The van der Waals surface area contributed by atoms with Gasteiger partial charge < -0.3 is 10.6 Å². The van der Waals surface area contributed by atoms with E-state index in [-0.39, 0.29) is 17.9 Å². The number of carbonyl (C=O) groups excluding carboxylic acids is 1. The minimum Gasteiger partial charge on any atom is -0.349 e. The van der Waals surface area contributed by atoms with Gasteiger partial charge in [-0.15, -0.1) is 0 Å². The average Bonchev–Trinajstić information content (AvgIpc) is 3.44. The van der Waals surface area contributed by atoms with Crippen molar-refractivity contribution in [2.45, 2.75) is 59.4 Å². The van der Waals surface area contributed by atoms with E-state index in [0.717, 1.165) is 34.2 Å². The van der Waals surface area contributed by atoms with E-state index in [1.54, 1.807) is 17.1 Å². The number of aromatic nitrogens is 7. The summed E-state index contributed by atoms with van der Waals surface area (Å²) in [6.45, 7) is 9.87. The van der Waals surface area contributed by atoms with Gasteiger partial charge in [0.05, 0.1) is 12.2 Å². The van der Waals surface area contributed by atoms with E-state index in [0.29, 0.717) is 24.5 Å². The lowest BCUT2D eigenvalue weighted by Crippen LogP contribution is -2.47. The van der Waals surface area contributed by atoms with Gasteiger partial charge in [-0.05, 0) is 57.7 Å². The molecule has 0 saturated heterocycles. The lowest BCUT2D eigenvalue weighted by atomic mass is 9.62. The van der Waals surface area contributed by atoms with E-state index in [2.05, 4.69) is 35.9 Å². The van der Waals surface area contributed by atoms with E-state index >= 15 is 0 Å². The summed E-state index contributed by atoms with van der Waals surface area (Å²) in [5, 5.41) is 17.8. The molecule has 10 heteroatoms. The molecule has 0 unspecified atom stereocenters. The first-order valence-electron chi connectivity index (χ1n) is 12.1. The maximum Gasteiger partial charge on any atom is 0.226 e. The van der Waals surface area contributed by atoms with E-state index in [1.807, 2.05) is 65.1 Å². The molecule has 1 aliphatic rings. The summed E-state index contributed by atoms with van der Waals surface area (Å²) in [7, 11) is 0. The van der Waals surface area contributed by atoms with Crippen LogP contribution >= 0.6 is 0 Å². The van der Waals surface area contributed by atoms with Crippen LogP contribution in [-0.2, 0) is 4.79 Å². The summed E-state index contributed by atoms with van der Waals surface area (Å²) in [5.41, 5.74) is 3.41. The Morgan fingerprint density at radius 1 is 1.14 bits per heavy atom. The Kier molecular flexibility index (Phi) is 6.03. The smallest absolute Gasteiger partial charge is 0.226 e. The number of anilines is 2. The number of aryl methyl sites for hydroxylation is 3. The molecule has 4 aromatic heterocycles. The van der Waals surface area contributed by atoms with E-state index in [9.17, 15) is 4.79 Å². The molecule has 36 heavy (non-hydrogen) atoms. The number of amides is 1. The largest absolute Gasteiger partial charge is 0.349 e. The van der Waals surface area contributed by atoms with Crippen molar-refractivity contribution in [3.05, 3.63) is 71.2 Å². The number of H-pyrrole nitrogens is 1. The van der Waals surface area contributed by atoms with E-state index in [1.165, 1.54) is 0 Å². The van der Waals surface area contributed by atoms with E-state index in [4.69, 9.17) is 4.98 Å². The van der Waals surface area contributed by atoms with Crippen LogP contribution in [0.1, 0.15) is 67.0 Å². The zero-order valence-corrected chi connectivity index (χ0v) is 21.2. The Morgan fingerprint density at radius 3 is 2.58 bits per heavy atom. The minimum absolute atomic E-state index is 0.0380. The Balaban J connectivity index is 1.20. The summed E-state index contributed by atoms with van der Waals surface area (Å²) in [5.74, 6) is 3.10. The van der Waals surface area contributed by atoms with Crippen LogP contribution in [0.3, 0.4) is 0 Å². The summed E-state index contributed by atoms with van der Waals surface area (Å²) in [6.07, 6.45) is 6.91.